The Hall–Kier alpha value is -1.17. The average molecular weight is 268 g/mol. The molecule has 0 bridgehead atoms. The van der Waals surface area contributed by atoms with E-state index >= 15 is 0 Å². The molecule has 18 heavy (non-hydrogen) atoms. The van der Waals surface area contributed by atoms with Gasteiger partial charge in [0.1, 0.15) is 0 Å². The van der Waals surface area contributed by atoms with Crippen molar-refractivity contribution in [3.8, 4) is 0 Å². The second-order valence-corrected chi connectivity index (χ2v) is 6.45. The molecule has 1 atom stereocenters. The molecule has 0 spiro atoms. The van der Waals surface area contributed by atoms with Gasteiger partial charge in [0.25, 0.3) is 10.2 Å². The number of nitrogens with one attached hydrogen (secondary N) is 1. The summed E-state index contributed by atoms with van der Waals surface area (Å²) in [5.41, 5.74) is 1.87. The lowest BCUT2D eigenvalue weighted by atomic mass is 10.0. The molecular weight excluding hydrogens is 248 g/mol. The van der Waals surface area contributed by atoms with E-state index in [1.165, 1.54) is 18.4 Å². The maximum absolute atomic E-state index is 11.9. The zero-order valence-corrected chi connectivity index (χ0v) is 11.9. The van der Waals surface area contributed by atoms with Crippen molar-refractivity contribution < 1.29 is 8.42 Å². The van der Waals surface area contributed by atoms with Gasteiger partial charge in [0.15, 0.2) is 0 Å². The minimum Gasteiger partial charge on any atom is -0.195 e. The van der Waals surface area contributed by atoms with Crippen molar-refractivity contribution >= 4 is 10.2 Å². The van der Waals surface area contributed by atoms with E-state index in [2.05, 4.69) is 11.3 Å². The molecule has 0 aliphatic carbocycles. The number of hydrogen-bond donors (Lipinski definition) is 1. The summed E-state index contributed by atoms with van der Waals surface area (Å²) in [7, 11) is -0.439. The molecule has 1 aromatic rings. The third-order valence-electron chi connectivity index (χ3n) is 2.53. The minimum absolute atomic E-state index is 0.281. The van der Waals surface area contributed by atoms with Crippen molar-refractivity contribution in [2.24, 2.45) is 0 Å². The van der Waals surface area contributed by atoms with E-state index < -0.39 is 10.2 Å². The fourth-order valence-electron chi connectivity index (χ4n) is 1.55. The highest BCUT2D eigenvalue weighted by Crippen LogP contribution is 2.21. The summed E-state index contributed by atoms with van der Waals surface area (Å²) in [6, 6.07) is 9.23. The lowest BCUT2D eigenvalue weighted by Gasteiger charge is -2.21. The van der Waals surface area contributed by atoms with Crippen LogP contribution in [0.5, 0.6) is 0 Å². The smallest absolute Gasteiger partial charge is 0.195 e. The van der Waals surface area contributed by atoms with Gasteiger partial charge < -0.3 is 0 Å². The molecule has 4 nitrogen and oxygen atoms in total. The van der Waals surface area contributed by atoms with E-state index in [4.69, 9.17) is 0 Å². The predicted molar refractivity (Wildman–Crippen MR) is 74.4 cm³/mol. The Morgan fingerprint density at radius 2 is 1.89 bits per heavy atom. The minimum atomic E-state index is -3.45. The van der Waals surface area contributed by atoms with Crippen molar-refractivity contribution in [1.29, 1.82) is 0 Å². The first kappa shape index (κ1) is 14.9. The third-order valence-corrected chi connectivity index (χ3v) is 4.07. The molecule has 0 aliphatic heterocycles. The van der Waals surface area contributed by atoms with E-state index in [1.807, 2.05) is 37.3 Å². The molecule has 1 rings (SSSR count). The molecule has 0 amide bonds. The summed E-state index contributed by atoms with van der Waals surface area (Å²) in [4.78, 5) is 0. The van der Waals surface area contributed by atoms with Gasteiger partial charge in [-0.05, 0) is 18.9 Å². The molecule has 0 saturated carbocycles. The van der Waals surface area contributed by atoms with Crippen LogP contribution in [0.15, 0.2) is 42.5 Å². The Bertz CT molecular complexity index is 495. The monoisotopic (exact) mass is 268 g/mol. The molecule has 100 valence electrons. The zero-order chi connectivity index (χ0) is 13.8. The molecular formula is C13H20N2O2S. The van der Waals surface area contributed by atoms with Gasteiger partial charge >= 0.3 is 0 Å². The van der Waals surface area contributed by atoms with E-state index in [-0.39, 0.29) is 6.04 Å². The highest BCUT2D eigenvalue weighted by molar-refractivity contribution is 7.87. The first-order valence-corrected chi connectivity index (χ1v) is 7.16. The SMILES string of the molecule is C=C(C)CC(NS(=O)(=O)N(C)C)c1ccccc1. The fraction of sp³-hybridized carbons (Fsp3) is 0.385. The van der Waals surface area contributed by atoms with Crippen LogP contribution in [-0.4, -0.2) is 26.8 Å². The van der Waals surface area contributed by atoms with Crippen molar-refractivity contribution in [1.82, 2.24) is 9.03 Å². The van der Waals surface area contributed by atoms with Crippen LogP contribution in [0.3, 0.4) is 0 Å². The van der Waals surface area contributed by atoms with Crippen LogP contribution < -0.4 is 4.72 Å². The van der Waals surface area contributed by atoms with Crippen LogP contribution in [0.2, 0.25) is 0 Å². The number of benzene rings is 1. The summed E-state index contributed by atoms with van der Waals surface area (Å²) in [5, 5.41) is 0. The van der Waals surface area contributed by atoms with Crippen molar-refractivity contribution in [3.63, 3.8) is 0 Å². The van der Waals surface area contributed by atoms with Crippen LogP contribution in [0.4, 0.5) is 0 Å². The molecule has 0 saturated heterocycles. The van der Waals surface area contributed by atoms with Crippen molar-refractivity contribution in [2.75, 3.05) is 14.1 Å². The van der Waals surface area contributed by atoms with Crippen LogP contribution in [0.1, 0.15) is 24.9 Å². The van der Waals surface area contributed by atoms with Gasteiger partial charge in [-0.1, -0.05) is 35.9 Å². The molecule has 0 aliphatic rings. The molecule has 1 unspecified atom stereocenters. The largest absolute Gasteiger partial charge is 0.279 e. The van der Waals surface area contributed by atoms with Gasteiger partial charge in [-0.25, -0.2) is 0 Å². The van der Waals surface area contributed by atoms with Crippen LogP contribution >= 0.6 is 0 Å². The van der Waals surface area contributed by atoms with Gasteiger partial charge in [-0.3, -0.25) is 0 Å². The Kier molecular flexibility index (Phi) is 5.07. The summed E-state index contributed by atoms with van der Waals surface area (Å²) in [6.07, 6.45) is 0.580. The van der Waals surface area contributed by atoms with Crippen LogP contribution in [-0.2, 0) is 10.2 Å². The van der Waals surface area contributed by atoms with Gasteiger partial charge in [0.05, 0.1) is 6.04 Å². The topological polar surface area (TPSA) is 49.4 Å². The van der Waals surface area contributed by atoms with E-state index in [0.717, 1.165) is 11.1 Å². The summed E-state index contributed by atoms with van der Waals surface area (Å²) in [6.45, 7) is 5.74. The maximum Gasteiger partial charge on any atom is 0.279 e. The molecule has 1 aromatic carbocycles. The van der Waals surface area contributed by atoms with Crippen molar-refractivity contribution in [3.05, 3.63) is 48.0 Å². The van der Waals surface area contributed by atoms with Gasteiger partial charge in [-0.15, -0.1) is 6.58 Å². The van der Waals surface area contributed by atoms with E-state index in [0.29, 0.717) is 6.42 Å². The summed E-state index contributed by atoms with van der Waals surface area (Å²) < 4.78 is 27.6. The molecule has 5 heteroatoms. The molecule has 1 N–H and O–H groups in total. The average Bonchev–Trinajstić information content (AvgIpc) is 2.28. The quantitative estimate of drug-likeness (QED) is 0.803. The zero-order valence-electron chi connectivity index (χ0n) is 11.1. The van der Waals surface area contributed by atoms with E-state index in [9.17, 15) is 8.42 Å². The summed E-state index contributed by atoms with van der Waals surface area (Å²) in [5.74, 6) is 0. The number of nitrogens with zero attached hydrogens (tertiary/aromatic N) is 1. The van der Waals surface area contributed by atoms with Crippen molar-refractivity contribution in [2.45, 2.75) is 19.4 Å². The Labute approximate surface area is 110 Å². The highest BCUT2D eigenvalue weighted by Gasteiger charge is 2.21. The molecule has 0 heterocycles. The highest BCUT2D eigenvalue weighted by atomic mass is 32.2. The number of hydrogen-bond acceptors (Lipinski definition) is 2. The number of rotatable bonds is 6. The summed E-state index contributed by atoms with van der Waals surface area (Å²) >= 11 is 0. The second-order valence-electron chi connectivity index (χ2n) is 4.53. The molecule has 0 fully saturated rings. The Balaban J connectivity index is 2.97. The Morgan fingerprint density at radius 3 is 2.33 bits per heavy atom. The van der Waals surface area contributed by atoms with E-state index in [1.54, 1.807) is 0 Å². The van der Waals surface area contributed by atoms with Crippen LogP contribution in [0, 0.1) is 0 Å². The van der Waals surface area contributed by atoms with Crippen LogP contribution in [0.25, 0.3) is 0 Å². The normalized spacial score (nSPS) is 13.6. The van der Waals surface area contributed by atoms with Gasteiger partial charge in [-0.2, -0.15) is 17.4 Å². The fourth-order valence-corrected chi connectivity index (χ4v) is 2.34. The van der Waals surface area contributed by atoms with Gasteiger partial charge in [0.2, 0.25) is 0 Å². The van der Waals surface area contributed by atoms with Gasteiger partial charge in [0, 0.05) is 14.1 Å². The molecule has 0 radical (unpaired) electrons. The molecule has 0 aromatic heterocycles. The standard InChI is InChI=1S/C13H20N2O2S/c1-11(2)10-13(12-8-6-5-7-9-12)14-18(16,17)15(3)4/h5-9,13-14H,1,10H2,2-4H3. The predicted octanol–water partition coefficient (Wildman–Crippen LogP) is 2.09. The first-order valence-electron chi connectivity index (χ1n) is 5.72. The lowest BCUT2D eigenvalue weighted by molar-refractivity contribution is 0.487. The Morgan fingerprint density at radius 1 is 1.33 bits per heavy atom. The first-order chi connectivity index (χ1) is 8.33. The second kappa shape index (κ2) is 6.13. The maximum atomic E-state index is 11.9. The third kappa shape index (κ3) is 4.25. The lowest BCUT2D eigenvalue weighted by Crippen LogP contribution is -2.38.